The van der Waals surface area contributed by atoms with E-state index in [1.807, 2.05) is 82.6 Å². The summed E-state index contributed by atoms with van der Waals surface area (Å²) in [5.41, 5.74) is 8.38. The van der Waals surface area contributed by atoms with Crippen LogP contribution in [0.4, 0.5) is 0 Å². The first-order chi connectivity index (χ1) is 28.2. The van der Waals surface area contributed by atoms with Crippen molar-refractivity contribution < 1.29 is 24.6 Å². The van der Waals surface area contributed by atoms with Crippen molar-refractivity contribution in [3.8, 4) is 38.6 Å². The van der Waals surface area contributed by atoms with Gasteiger partial charge in [-0.1, -0.05) is 81.4 Å². The van der Waals surface area contributed by atoms with Gasteiger partial charge in [-0.05, 0) is 85.0 Å². The van der Waals surface area contributed by atoms with Gasteiger partial charge in [-0.3, -0.25) is 19.3 Å². The average Bonchev–Trinajstić information content (AvgIpc) is 3.85. The van der Waals surface area contributed by atoms with Gasteiger partial charge in [-0.25, -0.2) is 4.98 Å². The van der Waals surface area contributed by atoms with Crippen molar-refractivity contribution in [3.05, 3.63) is 107 Å². The molecule has 2 aliphatic heterocycles. The number of aliphatic hydroxyl groups excluding tert-OH is 1. The van der Waals surface area contributed by atoms with E-state index in [-0.39, 0.29) is 54.9 Å². The molecule has 2 aromatic heterocycles. The lowest BCUT2D eigenvalue weighted by Gasteiger charge is -2.37. The van der Waals surface area contributed by atoms with Crippen LogP contribution >= 0.6 is 11.3 Å². The minimum atomic E-state index is -0.905. The van der Waals surface area contributed by atoms with Gasteiger partial charge in [0.15, 0.2) is 0 Å². The number of nitrogens with one attached hydrogen (secondary N) is 2. The molecule has 12 nitrogen and oxygen atoms in total. The summed E-state index contributed by atoms with van der Waals surface area (Å²) in [4.78, 5) is 50.7. The lowest BCUT2D eigenvalue weighted by molar-refractivity contribution is -0.144. The Morgan fingerprint density at radius 2 is 1.68 bits per heavy atom. The number of aromatic hydroxyl groups is 1. The summed E-state index contributed by atoms with van der Waals surface area (Å²) in [6.07, 6.45) is 2.89. The third-order valence-corrected chi connectivity index (χ3v) is 12.5. The fraction of sp³-hybridized carbons (Fsp3) is 0.391. The number of phenols is 1. The summed E-state index contributed by atoms with van der Waals surface area (Å²) >= 11 is 1.58. The van der Waals surface area contributed by atoms with E-state index in [4.69, 9.17) is 0 Å². The molecule has 3 amide bonds. The molecule has 13 heteroatoms. The number of β-amino-alcohol motifs (C(OH)–C–C–N with tert-alkyl or cyclic N) is 1. The number of phenolic OH excluding ortho intramolecular Hbond substituents is 1. The summed E-state index contributed by atoms with van der Waals surface area (Å²) in [6.45, 7) is 11.2. The molecule has 0 saturated carbocycles. The van der Waals surface area contributed by atoms with Crippen LogP contribution in [0.25, 0.3) is 32.8 Å². The summed E-state index contributed by atoms with van der Waals surface area (Å²) in [5.74, 6) is -0.603. The Labute approximate surface area is 349 Å². The largest absolute Gasteiger partial charge is 0.507 e. The minimum Gasteiger partial charge on any atom is -0.507 e. The average molecular weight is 816 g/mol. The maximum Gasteiger partial charge on any atom is 0.246 e. The molecule has 4 heterocycles. The maximum atomic E-state index is 14.3. The molecule has 0 radical (unpaired) electrons. The second kappa shape index (κ2) is 17.8. The molecule has 308 valence electrons. The number of amides is 3. The number of hydrogen-bond donors (Lipinski definition) is 4. The maximum absolute atomic E-state index is 14.3. The number of likely N-dealkylation sites (tertiary alicyclic amines) is 2. The topological polar surface area (TPSA) is 161 Å². The number of carbonyl (C=O) groups is 3. The number of rotatable bonds is 11. The Morgan fingerprint density at radius 1 is 0.949 bits per heavy atom. The Hall–Kier alpha value is -5.50. The van der Waals surface area contributed by atoms with E-state index in [1.165, 1.54) is 10.5 Å². The van der Waals surface area contributed by atoms with Crippen LogP contribution in [0.15, 0.2) is 90.6 Å². The third kappa shape index (κ3) is 9.70. The van der Waals surface area contributed by atoms with E-state index in [2.05, 4.69) is 55.0 Å². The number of hydrogen-bond acceptors (Lipinski definition) is 10. The lowest BCUT2D eigenvalue weighted by atomic mass is 9.85. The van der Waals surface area contributed by atoms with Crippen LogP contribution in [0.5, 0.6) is 5.75 Å². The smallest absolute Gasteiger partial charge is 0.246 e. The monoisotopic (exact) mass is 815 g/mol. The number of aryl methyl sites for hydroxylation is 1. The van der Waals surface area contributed by atoms with E-state index < -0.39 is 23.6 Å². The van der Waals surface area contributed by atoms with Crippen LogP contribution < -0.4 is 10.6 Å². The van der Waals surface area contributed by atoms with Gasteiger partial charge in [0.2, 0.25) is 17.7 Å². The predicted octanol–water partition coefficient (Wildman–Crippen LogP) is 6.50. The first-order valence-corrected chi connectivity index (χ1v) is 21.2. The molecule has 0 bridgehead atoms. The highest BCUT2D eigenvalue weighted by Crippen LogP contribution is 2.33. The van der Waals surface area contributed by atoms with Crippen LogP contribution in [0.2, 0.25) is 0 Å². The quantitative estimate of drug-likeness (QED) is 0.117. The van der Waals surface area contributed by atoms with Gasteiger partial charge in [0.1, 0.15) is 17.8 Å². The predicted molar refractivity (Wildman–Crippen MR) is 229 cm³/mol. The van der Waals surface area contributed by atoms with Gasteiger partial charge in [0, 0.05) is 30.6 Å². The molecule has 2 saturated heterocycles. The van der Waals surface area contributed by atoms with E-state index in [0.29, 0.717) is 17.8 Å². The minimum absolute atomic E-state index is 0.0126. The first kappa shape index (κ1) is 41.7. The summed E-state index contributed by atoms with van der Waals surface area (Å²) in [6, 6.07) is 23.2. The molecule has 59 heavy (non-hydrogen) atoms. The zero-order chi connectivity index (χ0) is 41.8. The van der Waals surface area contributed by atoms with Crippen molar-refractivity contribution in [2.75, 3.05) is 26.2 Å². The Morgan fingerprint density at radius 3 is 2.37 bits per heavy atom. The van der Waals surface area contributed by atoms with Crippen LogP contribution in [-0.4, -0.2) is 97.3 Å². The second-order valence-electron chi connectivity index (χ2n) is 16.9. The standard InChI is InChI=1S/C46H53N7O5S/c1-28(30-12-18-33(19-13-30)42-29(2)47-27-59-42)49-44(57)39-22-36(54)25-53(39)45(58)43(46(3,4)5)50-41(56)26-52-20-8-9-34(24-52)31-14-16-32(17-15-31)35-21-38(51-48-23-35)37-10-6-7-11-40(37)55/h6-7,10-19,21,23,27-28,34,36,39,43,54-55H,8-9,20,22,24-26H2,1-5H3,(H,49,57)(H,50,56)/t28?,34?,36-,39+,43?/m1/s1. The molecule has 0 spiro atoms. The molecule has 2 fully saturated rings. The van der Waals surface area contributed by atoms with E-state index >= 15 is 0 Å². The number of benzene rings is 3. The molecule has 3 unspecified atom stereocenters. The normalized spacial score (nSPS) is 19.6. The van der Waals surface area contributed by atoms with Crippen molar-refractivity contribution in [1.82, 2.24) is 35.6 Å². The second-order valence-corrected chi connectivity index (χ2v) is 17.8. The number of carbonyl (C=O) groups excluding carboxylic acids is 3. The van der Waals surface area contributed by atoms with Gasteiger partial charge >= 0.3 is 0 Å². The van der Waals surface area contributed by atoms with Crippen LogP contribution in [0.3, 0.4) is 0 Å². The third-order valence-electron chi connectivity index (χ3n) is 11.5. The Balaban J connectivity index is 0.961. The Kier molecular flexibility index (Phi) is 12.6. The SMILES string of the molecule is Cc1ncsc1-c1ccc(C(C)NC(=O)[C@@H]2C[C@@H](O)CN2C(=O)C(NC(=O)CN2CCCC(c3ccc(-c4cnnc(-c5ccccc5O)c4)cc3)C2)C(C)(C)C)cc1. The number of para-hydroxylation sites is 1. The molecule has 7 rings (SSSR count). The molecular weight excluding hydrogens is 763 g/mol. The van der Waals surface area contributed by atoms with Crippen molar-refractivity contribution in [2.24, 2.45) is 5.41 Å². The molecule has 2 aliphatic rings. The summed E-state index contributed by atoms with van der Waals surface area (Å²) < 4.78 is 0. The highest BCUT2D eigenvalue weighted by Gasteiger charge is 2.45. The fourth-order valence-corrected chi connectivity index (χ4v) is 9.00. The zero-order valence-corrected chi connectivity index (χ0v) is 35.1. The zero-order valence-electron chi connectivity index (χ0n) is 34.3. The molecular formula is C46H53N7O5S. The molecule has 5 atom stereocenters. The summed E-state index contributed by atoms with van der Waals surface area (Å²) in [5, 5.41) is 35.5. The van der Waals surface area contributed by atoms with Gasteiger partial charge in [-0.15, -0.1) is 11.3 Å². The lowest BCUT2D eigenvalue weighted by Crippen LogP contribution is -2.59. The first-order valence-electron chi connectivity index (χ1n) is 20.3. The van der Waals surface area contributed by atoms with Crippen LogP contribution in [0.1, 0.15) is 75.7 Å². The van der Waals surface area contributed by atoms with E-state index in [0.717, 1.165) is 52.2 Å². The van der Waals surface area contributed by atoms with E-state index in [1.54, 1.807) is 29.7 Å². The molecule has 4 N–H and O–H groups in total. The highest BCUT2D eigenvalue weighted by atomic mass is 32.1. The molecule has 5 aromatic rings. The number of piperidine rings is 1. The Bertz CT molecular complexity index is 2270. The fourth-order valence-electron chi connectivity index (χ4n) is 8.19. The van der Waals surface area contributed by atoms with Gasteiger partial charge in [-0.2, -0.15) is 10.2 Å². The van der Waals surface area contributed by atoms with E-state index in [9.17, 15) is 24.6 Å². The summed E-state index contributed by atoms with van der Waals surface area (Å²) in [7, 11) is 0. The van der Waals surface area contributed by atoms with Crippen molar-refractivity contribution >= 4 is 29.1 Å². The van der Waals surface area contributed by atoms with Crippen molar-refractivity contribution in [1.29, 1.82) is 0 Å². The number of aromatic nitrogens is 3. The highest BCUT2D eigenvalue weighted by molar-refractivity contribution is 7.13. The van der Waals surface area contributed by atoms with Crippen molar-refractivity contribution in [2.45, 2.75) is 84.0 Å². The van der Waals surface area contributed by atoms with Crippen LogP contribution in [-0.2, 0) is 14.4 Å². The number of nitrogens with zero attached hydrogens (tertiary/aromatic N) is 5. The van der Waals surface area contributed by atoms with Crippen LogP contribution in [0, 0.1) is 12.3 Å². The van der Waals surface area contributed by atoms with Gasteiger partial charge in [0.05, 0.1) is 46.7 Å². The molecule has 0 aliphatic carbocycles. The van der Waals surface area contributed by atoms with Gasteiger partial charge < -0.3 is 25.7 Å². The number of thiazole rings is 1. The number of aliphatic hydroxyl groups is 1. The molecule has 3 aromatic carbocycles. The van der Waals surface area contributed by atoms with Crippen molar-refractivity contribution in [3.63, 3.8) is 0 Å². The van der Waals surface area contributed by atoms with Gasteiger partial charge in [0.25, 0.3) is 0 Å².